The molecule has 5 heteroatoms. The molecule has 0 aromatic heterocycles. The number of carbonyl (C=O) groups excluding carboxylic acids is 1. The third-order valence-corrected chi connectivity index (χ3v) is 3.21. The van der Waals surface area contributed by atoms with E-state index in [1.54, 1.807) is 24.3 Å². The minimum absolute atomic E-state index is 0.0126. The predicted octanol–water partition coefficient (Wildman–Crippen LogP) is 3.78. The van der Waals surface area contributed by atoms with Crippen molar-refractivity contribution in [2.24, 2.45) is 0 Å². The van der Waals surface area contributed by atoms with Crippen molar-refractivity contribution in [1.82, 2.24) is 0 Å². The highest BCUT2D eigenvalue weighted by molar-refractivity contribution is 9.10. The second-order valence-corrected chi connectivity index (χ2v) is 4.95. The summed E-state index contributed by atoms with van der Waals surface area (Å²) in [7, 11) is 0. The van der Waals surface area contributed by atoms with Gasteiger partial charge in [-0.3, -0.25) is 14.9 Å². The van der Waals surface area contributed by atoms with Crippen molar-refractivity contribution in [3.05, 3.63) is 74.2 Å². The Morgan fingerprint density at radius 2 is 1.63 bits per heavy atom. The summed E-state index contributed by atoms with van der Waals surface area (Å²) in [6.07, 6.45) is 0.236. The second-order valence-electron chi connectivity index (χ2n) is 4.03. The minimum atomic E-state index is -0.458. The van der Waals surface area contributed by atoms with Gasteiger partial charge in [0.15, 0.2) is 5.78 Å². The van der Waals surface area contributed by atoms with Crippen LogP contribution in [0.4, 0.5) is 5.69 Å². The van der Waals surface area contributed by atoms with Crippen LogP contribution in [-0.4, -0.2) is 10.7 Å². The summed E-state index contributed by atoms with van der Waals surface area (Å²) in [6.45, 7) is 0. The third kappa shape index (κ3) is 3.48. The first-order valence-corrected chi connectivity index (χ1v) is 6.37. The first kappa shape index (κ1) is 13.4. The molecule has 19 heavy (non-hydrogen) atoms. The molecule has 2 rings (SSSR count). The fourth-order valence-electron chi connectivity index (χ4n) is 1.66. The Kier molecular flexibility index (Phi) is 4.06. The van der Waals surface area contributed by atoms with Gasteiger partial charge in [0.2, 0.25) is 0 Å². The molecule has 0 bridgehead atoms. The number of nitro groups is 1. The number of hydrogen-bond acceptors (Lipinski definition) is 3. The molecule has 96 valence electrons. The largest absolute Gasteiger partial charge is 0.294 e. The quantitative estimate of drug-likeness (QED) is 0.489. The first-order chi connectivity index (χ1) is 9.06. The lowest BCUT2D eigenvalue weighted by molar-refractivity contribution is -0.384. The number of halogens is 1. The van der Waals surface area contributed by atoms with E-state index in [1.807, 2.05) is 12.1 Å². The summed E-state index contributed by atoms with van der Waals surface area (Å²) >= 11 is 3.31. The van der Waals surface area contributed by atoms with Gasteiger partial charge < -0.3 is 0 Å². The van der Waals surface area contributed by atoms with Crippen LogP contribution >= 0.6 is 15.9 Å². The summed E-state index contributed by atoms with van der Waals surface area (Å²) < 4.78 is 0.916. The maximum absolute atomic E-state index is 12.0. The van der Waals surface area contributed by atoms with E-state index in [2.05, 4.69) is 15.9 Å². The van der Waals surface area contributed by atoms with Gasteiger partial charge >= 0.3 is 0 Å². The van der Waals surface area contributed by atoms with Gasteiger partial charge in [0.05, 0.1) is 4.92 Å². The number of nitro benzene ring substituents is 1. The molecule has 0 spiro atoms. The smallest absolute Gasteiger partial charge is 0.269 e. The van der Waals surface area contributed by atoms with Crippen LogP contribution in [0.2, 0.25) is 0 Å². The van der Waals surface area contributed by atoms with Crippen molar-refractivity contribution >= 4 is 27.4 Å². The zero-order valence-corrected chi connectivity index (χ0v) is 11.5. The molecule has 0 amide bonds. The Morgan fingerprint density at radius 3 is 2.16 bits per heavy atom. The molecular formula is C14H10BrNO3. The average Bonchev–Trinajstić information content (AvgIpc) is 2.40. The predicted molar refractivity (Wildman–Crippen MR) is 75.3 cm³/mol. The summed E-state index contributed by atoms with van der Waals surface area (Å²) in [6, 6.07) is 13.1. The fourth-order valence-corrected chi connectivity index (χ4v) is 1.92. The molecular weight excluding hydrogens is 310 g/mol. The number of carbonyl (C=O) groups is 1. The number of benzene rings is 2. The molecule has 2 aromatic rings. The zero-order valence-electron chi connectivity index (χ0n) is 9.88. The van der Waals surface area contributed by atoms with Crippen molar-refractivity contribution in [3.63, 3.8) is 0 Å². The minimum Gasteiger partial charge on any atom is -0.294 e. The number of ketones is 1. The van der Waals surface area contributed by atoms with Crippen LogP contribution in [0.3, 0.4) is 0 Å². The number of rotatable bonds is 4. The molecule has 0 atom stereocenters. The van der Waals surface area contributed by atoms with Gasteiger partial charge in [0, 0.05) is 28.6 Å². The second kappa shape index (κ2) is 5.75. The molecule has 0 fully saturated rings. The number of Topliss-reactive ketones (excluding diaryl/α,β-unsaturated/α-hetero) is 1. The van der Waals surface area contributed by atoms with E-state index in [1.165, 1.54) is 12.1 Å². The van der Waals surface area contributed by atoms with E-state index in [9.17, 15) is 14.9 Å². The molecule has 0 heterocycles. The maximum atomic E-state index is 12.0. The Morgan fingerprint density at radius 1 is 1.05 bits per heavy atom. The Bertz CT molecular complexity index is 606. The standard InChI is InChI=1S/C14H10BrNO3/c15-12-5-3-11(4-6-12)14(17)9-10-1-7-13(8-2-10)16(18)19/h1-8H,9H2. The highest BCUT2D eigenvalue weighted by Crippen LogP contribution is 2.15. The third-order valence-electron chi connectivity index (χ3n) is 2.68. The number of hydrogen-bond donors (Lipinski definition) is 0. The fraction of sp³-hybridized carbons (Fsp3) is 0.0714. The molecule has 0 radical (unpaired) electrons. The van der Waals surface area contributed by atoms with Gasteiger partial charge in [-0.15, -0.1) is 0 Å². The molecule has 0 aliphatic carbocycles. The van der Waals surface area contributed by atoms with Crippen LogP contribution in [0.25, 0.3) is 0 Å². The van der Waals surface area contributed by atoms with Crippen molar-refractivity contribution in [3.8, 4) is 0 Å². The molecule has 4 nitrogen and oxygen atoms in total. The monoisotopic (exact) mass is 319 g/mol. The van der Waals surface area contributed by atoms with E-state index >= 15 is 0 Å². The van der Waals surface area contributed by atoms with Crippen LogP contribution < -0.4 is 0 Å². The summed E-state index contributed by atoms with van der Waals surface area (Å²) in [5.74, 6) is -0.0126. The Labute approximate surface area is 118 Å². The van der Waals surface area contributed by atoms with Crippen LogP contribution in [-0.2, 0) is 6.42 Å². The molecule has 0 aliphatic rings. The van der Waals surface area contributed by atoms with Crippen LogP contribution in [0.5, 0.6) is 0 Å². The first-order valence-electron chi connectivity index (χ1n) is 5.58. The highest BCUT2D eigenvalue weighted by Gasteiger charge is 2.09. The van der Waals surface area contributed by atoms with E-state index in [4.69, 9.17) is 0 Å². The van der Waals surface area contributed by atoms with Crippen LogP contribution in [0.15, 0.2) is 53.0 Å². The van der Waals surface area contributed by atoms with Gasteiger partial charge in [-0.1, -0.05) is 40.2 Å². The Hall–Kier alpha value is -2.01. The SMILES string of the molecule is O=C(Cc1ccc([N+](=O)[O-])cc1)c1ccc(Br)cc1. The molecule has 0 saturated heterocycles. The molecule has 0 unspecified atom stereocenters. The number of non-ortho nitro benzene ring substituents is 1. The lowest BCUT2D eigenvalue weighted by Crippen LogP contribution is -2.03. The maximum Gasteiger partial charge on any atom is 0.269 e. The number of nitrogens with zero attached hydrogens (tertiary/aromatic N) is 1. The van der Waals surface area contributed by atoms with E-state index in [0.717, 1.165) is 10.0 Å². The van der Waals surface area contributed by atoms with E-state index in [-0.39, 0.29) is 17.9 Å². The molecule has 2 aromatic carbocycles. The summed E-state index contributed by atoms with van der Waals surface area (Å²) in [4.78, 5) is 22.1. The van der Waals surface area contributed by atoms with Gasteiger partial charge in [-0.05, 0) is 17.7 Å². The average molecular weight is 320 g/mol. The lowest BCUT2D eigenvalue weighted by Gasteiger charge is -2.02. The summed E-state index contributed by atoms with van der Waals surface area (Å²) in [5, 5.41) is 10.5. The van der Waals surface area contributed by atoms with Gasteiger partial charge in [0.1, 0.15) is 0 Å². The summed E-state index contributed by atoms with van der Waals surface area (Å²) in [5.41, 5.74) is 1.42. The van der Waals surface area contributed by atoms with Crippen molar-refractivity contribution in [1.29, 1.82) is 0 Å². The van der Waals surface area contributed by atoms with Crippen molar-refractivity contribution in [2.75, 3.05) is 0 Å². The van der Waals surface area contributed by atoms with Gasteiger partial charge in [-0.2, -0.15) is 0 Å². The van der Waals surface area contributed by atoms with Gasteiger partial charge in [0.25, 0.3) is 5.69 Å². The zero-order chi connectivity index (χ0) is 13.8. The van der Waals surface area contributed by atoms with Crippen LogP contribution in [0.1, 0.15) is 15.9 Å². The topological polar surface area (TPSA) is 60.2 Å². The van der Waals surface area contributed by atoms with Crippen molar-refractivity contribution in [2.45, 2.75) is 6.42 Å². The van der Waals surface area contributed by atoms with E-state index in [0.29, 0.717) is 5.56 Å². The lowest BCUT2D eigenvalue weighted by atomic mass is 10.0. The Balaban J connectivity index is 2.10. The molecule has 0 N–H and O–H groups in total. The van der Waals surface area contributed by atoms with Crippen molar-refractivity contribution < 1.29 is 9.72 Å². The van der Waals surface area contributed by atoms with Crippen LogP contribution in [0, 0.1) is 10.1 Å². The molecule has 0 aliphatic heterocycles. The highest BCUT2D eigenvalue weighted by atomic mass is 79.9. The normalized spacial score (nSPS) is 10.2. The van der Waals surface area contributed by atoms with Gasteiger partial charge in [-0.25, -0.2) is 0 Å². The molecule has 0 saturated carbocycles. The van der Waals surface area contributed by atoms with E-state index < -0.39 is 4.92 Å².